The maximum Gasteiger partial charge on any atom is 0.260 e. The molecule has 2 aliphatic carbocycles. The lowest BCUT2D eigenvalue weighted by atomic mass is 9.93. The standard InChI is InChI=1S/C29H34N2O2/c1-33-27-20-17-23(18-21-27)19-22-28(30-25-13-7-3-8-14-25)31(26-15-9-4-10-16-26)29(32)24-11-5-2-6-12-24/h2,5-6,11-12,17-18,20-21,25-26H,3-4,7-10,13-16H2,1H3. The molecule has 0 aromatic heterocycles. The van der Waals surface area contributed by atoms with Gasteiger partial charge in [-0.3, -0.25) is 14.7 Å². The lowest BCUT2D eigenvalue weighted by molar-refractivity contribution is 0.0777. The van der Waals surface area contributed by atoms with E-state index in [2.05, 4.69) is 11.8 Å². The molecular weight excluding hydrogens is 408 g/mol. The SMILES string of the molecule is COc1ccc(C#CC(=NC2CCCCC2)N(C(=O)c2ccccc2)C2CCCCC2)cc1. The van der Waals surface area contributed by atoms with Crippen LogP contribution < -0.4 is 4.74 Å². The fraction of sp³-hybridized carbons (Fsp3) is 0.448. The molecule has 172 valence electrons. The Labute approximate surface area is 198 Å². The highest BCUT2D eigenvalue weighted by atomic mass is 16.5. The van der Waals surface area contributed by atoms with E-state index >= 15 is 0 Å². The highest BCUT2D eigenvalue weighted by Gasteiger charge is 2.30. The summed E-state index contributed by atoms with van der Waals surface area (Å²) in [5.74, 6) is 8.07. The molecule has 0 atom stereocenters. The maximum atomic E-state index is 13.8. The number of amidine groups is 1. The predicted octanol–water partition coefficient (Wildman–Crippen LogP) is 6.25. The van der Waals surface area contributed by atoms with E-state index in [0.717, 1.165) is 49.8 Å². The lowest BCUT2D eigenvalue weighted by Gasteiger charge is -2.34. The molecule has 0 bridgehead atoms. The van der Waals surface area contributed by atoms with Crippen LogP contribution in [0.1, 0.15) is 80.1 Å². The van der Waals surface area contributed by atoms with Gasteiger partial charge in [0.25, 0.3) is 5.91 Å². The summed E-state index contributed by atoms with van der Waals surface area (Å²) in [6, 6.07) is 17.7. The first-order valence-electron chi connectivity index (χ1n) is 12.4. The average molecular weight is 443 g/mol. The van der Waals surface area contributed by atoms with Gasteiger partial charge in [-0.1, -0.05) is 62.6 Å². The minimum atomic E-state index is 0.0149. The molecule has 4 heteroatoms. The van der Waals surface area contributed by atoms with Crippen molar-refractivity contribution in [1.82, 2.24) is 4.90 Å². The lowest BCUT2D eigenvalue weighted by Crippen LogP contribution is -2.45. The molecule has 0 saturated heterocycles. The number of amides is 1. The minimum Gasteiger partial charge on any atom is -0.497 e. The second-order valence-corrected chi connectivity index (χ2v) is 9.06. The fourth-order valence-corrected chi connectivity index (χ4v) is 4.83. The summed E-state index contributed by atoms with van der Waals surface area (Å²) in [5, 5.41) is 0. The van der Waals surface area contributed by atoms with Crippen molar-refractivity contribution in [3.8, 4) is 17.6 Å². The third kappa shape index (κ3) is 6.26. The van der Waals surface area contributed by atoms with Crippen LogP contribution in [0.3, 0.4) is 0 Å². The Morgan fingerprint density at radius 2 is 1.52 bits per heavy atom. The van der Waals surface area contributed by atoms with Crippen molar-refractivity contribution in [3.05, 3.63) is 65.7 Å². The van der Waals surface area contributed by atoms with Crippen molar-refractivity contribution < 1.29 is 9.53 Å². The average Bonchev–Trinajstić information content (AvgIpc) is 2.89. The van der Waals surface area contributed by atoms with Crippen molar-refractivity contribution in [1.29, 1.82) is 0 Å². The van der Waals surface area contributed by atoms with E-state index in [1.54, 1.807) is 7.11 Å². The van der Waals surface area contributed by atoms with Crippen molar-refractivity contribution in [2.45, 2.75) is 76.3 Å². The van der Waals surface area contributed by atoms with Gasteiger partial charge in [-0.15, -0.1) is 0 Å². The Hall–Kier alpha value is -3.06. The maximum absolute atomic E-state index is 13.8. The zero-order valence-electron chi connectivity index (χ0n) is 19.6. The van der Waals surface area contributed by atoms with E-state index in [4.69, 9.17) is 9.73 Å². The van der Waals surface area contributed by atoms with Crippen LogP contribution in [0.5, 0.6) is 5.75 Å². The molecule has 4 nitrogen and oxygen atoms in total. The first kappa shape index (κ1) is 23.1. The summed E-state index contributed by atoms with van der Waals surface area (Å²) in [7, 11) is 1.66. The van der Waals surface area contributed by atoms with Gasteiger partial charge in [-0.05, 0) is 68.0 Å². The van der Waals surface area contributed by atoms with Crippen molar-refractivity contribution in [2.24, 2.45) is 4.99 Å². The number of methoxy groups -OCH3 is 1. The fourth-order valence-electron chi connectivity index (χ4n) is 4.83. The smallest absolute Gasteiger partial charge is 0.260 e. The summed E-state index contributed by atoms with van der Waals surface area (Å²) in [6.07, 6.45) is 11.4. The quantitative estimate of drug-likeness (QED) is 0.319. The molecule has 2 aromatic rings. The molecule has 2 fully saturated rings. The molecule has 0 aliphatic heterocycles. The number of aliphatic imine (C=N–C) groups is 1. The molecule has 2 aliphatic rings. The number of ether oxygens (including phenoxy) is 1. The van der Waals surface area contributed by atoms with Crippen molar-refractivity contribution in [2.75, 3.05) is 7.11 Å². The predicted molar refractivity (Wildman–Crippen MR) is 134 cm³/mol. The van der Waals surface area contributed by atoms with Gasteiger partial charge in [0.2, 0.25) is 0 Å². The van der Waals surface area contributed by atoms with E-state index in [9.17, 15) is 4.79 Å². The van der Waals surface area contributed by atoms with E-state index in [1.807, 2.05) is 59.5 Å². The molecule has 0 unspecified atom stereocenters. The Bertz CT molecular complexity index is 989. The van der Waals surface area contributed by atoms with E-state index in [1.165, 1.54) is 25.7 Å². The molecule has 33 heavy (non-hydrogen) atoms. The summed E-state index contributed by atoms with van der Waals surface area (Å²) in [4.78, 5) is 20.8. The van der Waals surface area contributed by atoms with Gasteiger partial charge in [0, 0.05) is 17.2 Å². The third-order valence-electron chi connectivity index (χ3n) is 6.70. The second-order valence-electron chi connectivity index (χ2n) is 9.06. The zero-order valence-corrected chi connectivity index (χ0v) is 19.6. The summed E-state index contributed by atoms with van der Waals surface area (Å²) in [6.45, 7) is 0. The number of carbonyl (C=O) groups excluding carboxylic acids is 1. The molecule has 4 rings (SSSR count). The van der Waals surface area contributed by atoms with Gasteiger partial charge in [0.05, 0.1) is 13.2 Å². The minimum absolute atomic E-state index is 0.0149. The zero-order chi connectivity index (χ0) is 22.9. The molecule has 2 saturated carbocycles. The second kappa shape index (κ2) is 11.7. The number of hydrogen-bond donors (Lipinski definition) is 0. The Kier molecular flexibility index (Phi) is 8.19. The van der Waals surface area contributed by atoms with Gasteiger partial charge >= 0.3 is 0 Å². The van der Waals surface area contributed by atoms with Crippen molar-refractivity contribution in [3.63, 3.8) is 0 Å². The van der Waals surface area contributed by atoms with Crippen molar-refractivity contribution >= 4 is 11.7 Å². The van der Waals surface area contributed by atoms with Crippen LogP contribution in [0.15, 0.2) is 59.6 Å². The Morgan fingerprint density at radius 3 is 2.15 bits per heavy atom. The molecule has 0 radical (unpaired) electrons. The van der Waals surface area contributed by atoms with Gasteiger partial charge < -0.3 is 4.74 Å². The number of nitrogens with zero attached hydrogens (tertiary/aromatic N) is 2. The molecular formula is C29H34N2O2. The number of rotatable bonds is 4. The van der Waals surface area contributed by atoms with E-state index in [0.29, 0.717) is 11.4 Å². The summed E-state index contributed by atoms with van der Waals surface area (Å²) >= 11 is 0. The molecule has 0 spiro atoms. The first-order valence-corrected chi connectivity index (χ1v) is 12.4. The van der Waals surface area contributed by atoms with Gasteiger partial charge in [0.15, 0.2) is 5.84 Å². The van der Waals surface area contributed by atoms with E-state index < -0.39 is 0 Å². The third-order valence-corrected chi connectivity index (χ3v) is 6.70. The van der Waals surface area contributed by atoms with Gasteiger partial charge in [0.1, 0.15) is 5.75 Å². The normalized spacial score (nSPS) is 17.7. The number of benzene rings is 2. The highest BCUT2D eigenvalue weighted by Crippen LogP contribution is 2.26. The molecule has 0 heterocycles. The Balaban J connectivity index is 1.72. The van der Waals surface area contributed by atoms with Crippen LogP contribution in [-0.4, -0.2) is 35.8 Å². The Morgan fingerprint density at radius 1 is 0.879 bits per heavy atom. The van der Waals surface area contributed by atoms with Crippen LogP contribution >= 0.6 is 0 Å². The molecule has 2 aromatic carbocycles. The first-order chi connectivity index (χ1) is 16.2. The number of hydrogen-bond acceptors (Lipinski definition) is 3. The summed E-state index contributed by atoms with van der Waals surface area (Å²) < 4.78 is 5.27. The van der Waals surface area contributed by atoms with Gasteiger partial charge in [-0.25, -0.2) is 0 Å². The van der Waals surface area contributed by atoms with Crippen LogP contribution in [0.25, 0.3) is 0 Å². The van der Waals surface area contributed by atoms with Crippen LogP contribution in [0.2, 0.25) is 0 Å². The van der Waals surface area contributed by atoms with Crippen LogP contribution in [-0.2, 0) is 0 Å². The monoisotopic (exact) mass is 442 g/mol. The van der Waals surface area contributed by atoms with E-state index in [-0.39, 0.29) is 18.0 Å². The molecule has 0 N–H and O–H groups in total. The van der Waals surface area contributed by atoms with Gasteiger partial charge in [-0.2, -0.15) is 0 Å². The highest BCUT2D eigenvalue weighted by molar-refractivity contribution is 6.13. The topological polar surface area (TPSA) is 41.9 Å². The van der Waals surface area contributed by atoms with Crippen LogP contribution in [0, 0.1) is 11.8 Å². The molecule has 1 amide bonds. The summed E-state index contributed by atoms with van der Waals surface area (Å²) in [5.41, 5.74) is 1.59. The van der Waals surface area contributed by atoms with Crippen LogP contribution in [0.4, 0.5) is 0 Å². The largest absolute Gasteiger partial charge is 0.497 e. The number of carbonyl (C=O) groups is 1.